The number of ether oxygens (including phenoxy) is 1. The molecule has 0 unspecified atom stereocenters. The van der Waals surface area contributed by atoms with Crippen LogP contribution < -0.4 is 0 Å². The van der Waals surface area contributed by atoms with Crippen molar-refractivity contribution in [2.75, 3.05) is 6.50 Å². The van der Waals surface area contributed by atoms with E-state index in [0.717, 1.165) is 26.1 Å². The first kappa shape index (κ1) is 10.9. The number of amides is 1. The van der Waals surface area contributed by atoms with Crippen LogP contribution in [-0.2, 0) is 24.2 Å². The smallest absolute Gasteiger partial charge is 0.410 e. The van der Waals surface area contributed by atoms with Gasteiger partial charge in [-0.2, -0.15) is 0 Å². The van der Waals surface area contributed by atoms with Gasteiger partial charge >= 0.3 is 6.09 Å². The summed E-state index contributed by atoms with van der Waals surface area (Å²) in [5.74, 6) is 0. The third kappa shape index (κ3) is 3.75. The molecule has 0 saturated heterocycles. The van der Waals surface area contributed by atoms with Gasteiger partial charge in [0.25, 0.3) is 0 Å². The fourth-order valence-corrected chi connectivity index (χ4v) is 3.23. The quantitative estimate of drug-likeness (QED) is 0.779. The molecule has 0 aromatic heterocycles. The van der Waals surface area contributed by atoms with E-state index in [1.54, 1.807) is 24.3 Å². The molecule has 120 valence electrons. The van der Waals surface area contributed by atoms with E-state index in [0.29, 0.717) is 12.8 Å². The van der Waals surface area contributed by atoms with E-state index in [1.165, 1.54) is 0 Å². The molecule has 0 radical (unpaired) electrons. The van der Waals surface area contributed by atoms with Gasteiger partial charge in [0, 0.05) is 23.9 Å². The molecule has 0 spiro atoms. The Morgan fingerprint density at radius 3 is 2.87 bits per heavy atom. The third-order valence-electron chi connectivity index (χ3n) is 3.97. The Balaban J connectivity index is 1.85. The zero-order valence-corrected chi connectivity index (χ0v) is 14.0. The molecule has 0 aliphatic heterocycles. The number of halogens is 1. The molecule has 1 aliphatic carbocycles. The molecule has 3 rings (SSSR count). The molecule has 4 heteroatoms. The Kier molecular flexibility index (Phi) is 3.39. The van der Waals surface area contributed by atoms with Crippen LogP contribution in [0.25, 0.3) is 0 Å². The van der Waals surface area contributed by atoms with Gasteiger partial charge in [-0.15, -0.1) is 0 Å². The lowest BCUT2D eigenvalue weighted by atomic mass is 10.1. The van der Waals surface area contributed by atoms with Gasteiger partial charge in [-0.3, -0.25) is 0 Å². The van der Waals surface area contributed by atoms with Gasteiger partial charge in [0.15, 0.2) is 0 Å². The van der Waals surface area contributed by atoms with E-state index in [1.807, 2.05) is 24.3 Å². The van der Waals surface area contributed by atoms with Crippen molar-refractivity contribution in [1.29, 1.82) is 0 Å². The largest absolute Gasteiger partial charge is 0.445 e. The first-order valence-electron chi connectivity index (χ1n) is 9.87. The maximum Gasteiger partial charge on any atom is 0.410 e. The van der Waals surface area contributed by atoms with Crippen molar-refractivity contribution in [3.8, 4) is 0 Å². The van der Waals surface area contributed by atoms with Crippen LogP contribution in [0.2, 0.25) is 0 Å². The monoisotopic (exact) mass is 378 g/mol. The topological polar surface area (TPSA) is 29.5 Å². The van der Waals surface area contributed by atoms with Gasteiger partial charge in [-0.1, -0.05) is 52.3 Å². The molecule has 0 bridgehead atoms. The Bertz CT molecular complexity index is 857. The van der Waals surface area contributed by atoms with Gasteiger partial charge in [0.2, 0.25) is 0 Å². The normalized spacial score (nSPS) is 20.4. The molecular formula is C19H20BrNO2. The lowest BCUT2D eigenvalue weighted by molar-refractivity contribution is 0.0840. The first-order valence-corrected chi connectivity index (χ1v) is 8.16. The first-order chi connectivity index (χ1) is 13.1. The highest BCUT2D eigenvalue weighted by atomic mass is 79.9. The molecule has 0 N–H and O–H groups in total. The van der Waals surface area contributed by atoms with Gasteiger partial charge in [0.1, 0.15) is 6.61 Å². The number of benzene rings is 2. The second kappa shape index (κ2) is 7.18. The highest BCUT2D eigenvalue weighted by molar-refractivity contribution is 9.10. The minimum atomic E-state index is -3.01. The number of hydrogen-bond donors (Lipinski definition) is 0. The lowest BCUT2D eigenvalue weighted by Gasteiger charge is -2.26. The minimum Gasteiger partial charge on any atom is -0.445 e. The predicted molar refractivity (Wildman–Crippen MR) is 94.3 cm³/mol. The molecule has 0 heterocycles. The Hall–Kier alpha value is -1.81. The van der Waals surface area contributed by atoms with E-state index >= 15 is 0 Å². The van der Waals surface area contributed by atoms with E-state index in [9.17, 15) is 4.79 Å². The van der Waals surface area contributed by atoms with Gasteiger partial charge in [-0.25, -0.2) is 4.79 Å². The van der Waals surface area contributed by atoms with Crippen LogP contribution in [0.15, 0.2) is 53.0 Å². The maximum absolute atomic E-state index is 12.8. The van der Waals surface area contributed by atoms with Gasteiger partial charge in [0.05, 0.1) is 0 Å². The highest BCUT2D eigenvalue weighted by Gasteiger charge is 2.30. The maximum atomic E-state index is 12.8. The third-order valence-corrected chi connectivity index (χ3v) is 4.46. The van der Waals surface area contributed by atoms with E-state index in [2.05, 4.69) is 15.9 Å². The van der Waals surface area contributed by atoms with Gasteiger partial charge < -0.3 is 9.64 Å². The SMILES string of the molecule is [2H]C([2H])([2H])C([2H])([2H])N(C(=O)OCc1ccccc1)[C@H]1Cc2ccc(Br)cc2C1. The average Bonchev–Trinajstić information content (AvgIpc) is 3.02. The number of rotatable bonds is 4. The van der Waals surface area contributed by atoms with Gasteiger partial charge in [-0.05, 0) is 48.5 Å². The summed E-state index contributed by atoms with van der Waals surface area (Å²) in [7, 11) is 0. The van der Waals surface area contributed by atoms with Crippen LogP contribution in [0.1, 0.15) is 30.4 Å². The van der Waals surface area contributed by atoms with Crippen molar-refractivity contribution in [1.82, 2.24) is 4.90 Å². The number of nitrogens with zero attached hydrogens (tertiary/aromatic N) is 1. The molecule has 1 aliphatic rings. The standard InChI is InChI=1S/C19H20BrNO2/c1-2-21(19(22)23-13-14-6-4-3-5-7-14)18-11-15-8-9-17(20)10-16(15)12-18/h3-10,18H,2,11-13H2,1H3/t18-/m0/s1/i1D3,2D2. The summed E-state index contributed by atoms with van der Waals surface area (Å²) in [6.45, 7) is -5.92. The zero-order chi connectivity index (χ0) is 20.5. The number of carbonyl (C=O) groups excluding carboxylic acids is 1. The lowest BCUT2D eigenvalue weighted by Crippen LogP contribution is -2.41. The van der Waals surface area contributed by atoms with Crippen molar-refractivity contribution < 1.29 is 16.4 Å². The van der Waals surface area contributed by atoms with Crippen molar-refractivity contribution in [2.45, 2.75) is 32.3 Å². The molecule has 2 aromatic carbocycles. The number of carbonyl (C=O) groups is 1. The Labute approximate surface area is 152 Å². The van der Waals surface area contributed by atoms with Crippen LogP contribution in [0.4, 0.5) is 4.79 Å². The summed E-state index contributed by atoms with van der Waals surface area (Å²) in [5, 5.41) is 0. The van der Waals surface area contributed by atoms with E-state index in [-0.39, 0.29) is 6.61 Å². The predicted octanol–water partition coefficient (Wildman–Crippen LogP) is 4.58. The van der Waals surface area contributed by atoms with Crippen LogP contribution >= 0.6 is 15.9 Å². The van der Waals surface area contributed by atoms with Crippen LogP contribution in [0, 0.1) is 0 Å². The minimum absolute atomic E-state index is 0.0571. The molecule has 0 saturated carbocycles. The zero-order valence-electron chi connectivity index (χ0n) is 17.5. The van der Waals surface area contributed by atoms with Crippen molar-refractivity contribution in [2.24, 2.45) is 0 Å². The molecule has 23 heavy (non-hydrogen) atoms. The van der Waals surface area contributed by atoms with Crippen molar-refractivity contribution in [3.05, 3.63) is 69.7 Å². The molecule has 2 aromatic rings. The summed E-state index contributed by atoms with van der Waals surface area (Å²) in [6.07, 6.45) is -0.231. The van der Waals surface area contributed by atoms with Crippen LogP contribution in [0.3, 0.4) is 0 Å². The molecule has 0 fully saturated rings. The van der Waals surface area contributed by atoms with Crippen LogP contribution in [0.5, 0.6) is 0 Å². The second-order valence-corrected chi connectivity index (χ2v) is 6.41. The summed E-state index contributed by atoms with van der Waals surface area (Å²) in [5.41, 5.74) is 2.67. The number of fused-ring (bicyclic) bond motifs is 1. The molecule has 3 nitrogen and oxygen atoms in total. The number of hydrogen-bond acceptors (Lipinski definition) is 2. The highest BCUT2D eigenvalue weighted by Crippen LogP contribution is 2.28. The second-order valence-electron chi connectivity index (χ2n) is 5.50. The van der Waals surface area contributed by atoms with E-state index in [4.69, 9.17) is 11.6 Å². The molecule has 1 atom stereocenters. The van der Waals surface area contributed by atoms with Crippen LogP contribution in [-0.4, -0.2) is 23.5 Å². The Morgan fingerprint density at radius 1 is 1.30 bits per heavy atom. The average molecular weight is 379 g/mol. The molecule has 1 amide bonds. The fraction of sp³-hybridized carbons (Fsp3) is 0.316. The summed E-state index contributed by atoms with van der Waals surface area (Å²) >= 11 is 3.40. The summed E-state index contributed by atoms with van der Waals surface area (Å²) in [6, 6.07) is 14.0. The van der Waals surface area contributed by atoms with E-state index < -0.39 is 25.5 Å². The summed E-state index contributed by atoms with van der Waals surface area (Å²) in [4.78, 5) is 13.6. The van der Waals surface area contributed by atoms with Crippen molar-refractivity contribution in [3.63, 3.8) is 0 Å². The Morgan fingerprint density at radius 2 is 2.09 bits per heavy atom. The summed E-state index contributed by atoms with van der Waals surface area (Å²) < 4.78 is 45.4. The van der Waals surface area contributed by atoms with Crippen molar-refractivity contribution >= 4 is 22.0 Å². The molecular weight excluding hydrogens is 354 g/mol. The number of likely N-dealkylation sites (N-methyl/N-ethyl adjacent to an activating group) is 1. The fourth-order valence-electron chi connectivity index (χ4n) is 2.82.